The Kier molecular flexibility index (Phi) is 5.50. The lowest BCUT2D eigenvalue weighted by molar-refractivity contribution is -0.143. The molecule has 3 aromatic rings. The number of rotatable bonds is 5. The maximum absolute atomic E-state index is 13.6. The molecule has 0 fully saturated rings. The fourth-order valence-corrected chi connectivity index (χ4v) is 2.50. The third-order valence-corrected chi connectivity index (χ3v) is 3.95. The first-order valence-corrected chi connectivity index (χ1v) is 8.23. The van der Waals surface area contributed by atoms with Crippen molar-refractivity contribution in [2.24, 2.45) is 0 Å². The Balaban J connectivity index is 1.88. The van der Waals surface area contributed by atoms with Crippen LogP contribution in [0.25, 0.3) is 5.82 Å². The Morgan fingerprint density at radius 2 is 1.89 bits per heavy atom. The van der Waals surface area contributed by atoms with Gasteiger partial charge in [0, 0.05) is 17.6 Å². The third kappa shape index (κ3) is 4.22. The second kappa shape index (κ2) is 7.85. The average Bonchev–Trinajstić information content (AvgIpc) is 3.13. The van der Waals surface area contributed by atoms with Crippen molar-refractivity contribution in [2.45, 2.75) is 12.7 Å². The Labute approximate surface area is 162 Å². The lowest BCUT2D eigenvalue weighted by Gasteiger charge is -2.12. The number of methoxy groups -OCH3 is 1. The van der Waals surface area contributed by atoms with Gasteiger partial charge in [0.2, 0.25) is 5.88 Å². The summed E-state index contributed by atoms with van der Waals surface area (Å²) in [6, 6.07) is 9.14. The zero-order valence-corrected chi connectivity index (χ0v) is 15.1. The fourth-order valence-electron chi connectivity index (χ4n) is 2.38. The van der Waals surface area contributed by atoms with E-state index >= 15 is 0 Å². The zero-order chi connectivity index (χ0) is 20.3. The van der Waals surface area contributed by atoms with Gasteiger partial charge in [-0.05, 0) is 23.8 Å². The van der Waals surface area contributed by atoms with Crippen LogP contribution in [0.2, 0.25) is 5.02 Å². The summed E-state index contributed by atoms with van der Waals surface area (Å²) in [6.45, 7) is 0.0286. The van der Waals surface area contributed by atoms with Crippen LogP contribution in [-0.2, 0) is 12.7 Å². The van der Waals surface area contributed by atoms with Crippen molar-refractivity contribution >= 4 is 17.5 Å². The zero-order valence-electron chi connectivity index (χ0n) is 14.4. The molecule has 0 aliphatic heterocycles. The van der Waals surface area contributed by atoms with Gasteiger partial charge < -0.3 is 10.1 Å². The van der Waals surface area contributed by atoms with Crippen LogP contribution >= 0.6 is 11.6 Å². The first-order valence-electron chi connectivity index (χ1n) is 7.85. The minimum absolute atomic E-state index is 0.0286. The van der Waals surface area contributed by atoms with Crippen LogP contribution in [-0.4, -0.2) is 33.0 Å². The molecule has 28 heavy (non-hydrogen) atoms. The second-order valence-electron chi connectivity index (χ2n) is 5.56. The Morgan fingerprint density at radius 1 is 1.18 bits per heavy atom. The van der Waals surface area contributed by atoms with Gasteiger partial charge in [-0.1, -0.05) is 23.7 Å². The number of hydrogen-bond donors (Lipinski definition) is 1. The number of aromatic nitrogens is 4. The van der Waals surface area contributed by atoms with Gasteiger partial charge in [-0.2, -0.15) is 18.3 Å². The lowest BCUT2D eigenvalue weighted by atomic mass is 10.2. The van der Waals surface area contributed by atoms with Gasteiger partial charge in [0.15, 0.2) is 11.5 Å². The number of nitrogens with zero attached hydrogens (tertiary/aromatic N) is 4. The summed E-state index contributed by atoms with van der Waals surface area (Å²) in [5, 5.41) is 13.9. The van der Waals surface area contributed by atoms with Crippen LogP contribution in [0.5, 0.6) is 5.88 Å². The van der Waals surface area contributed by atoms with Crippen molar-refractivity contribution in [2.75, 3.05) is 7.11 Å². The van der Waals surface area contributed by atoms with Crippen molar-refractivity contribution in [3.63, 3.8) is 0 Å². The molecule has 0 unspecified atom stereocenters. The predicted molar refractivity (Wildman–Crippen MR) is 93.3 cm³/mol. The van der Waals surface area contributed by atoms with Gasteiger partial charge in [0.1, 0.15) is 0 Å². The molecule has 0 bridgehead atoms. The largest absolute Gasteiger partial charge is 0.480 e. The molecule has 0 radical (unpaired) electrons. The van der Waals surface area contributed by atoms with Gasteiger partial charge in [-0.25, -0.2) is 4.68 Å². The summed E-state index contributed by atoms with van der Waals surface area (Å²) in [5.74, 6) is -0.995. The van der Waals surface area contributed by atoms with E-state index in [1.54, 1.807) is 24.3 Å². The van der Waals surface area contributed by atoms with E-state index < -0.39 is 23.3 Å². The molecule has 0 saturated carbocycles. The number of ether oxygens (including phenoxy) is 1. The lowest BCUT2D eigenvalue weighted by Crippen LogP contribution is -2.26. The number of alkyl halides is 3. The number of amides is 1. The standard InChI is InChI=1S/C17H13ClF3N5O2/c1-28-14-7-6-13(24-25-14)26-15(17(19,20)21)12(9-23-26)16(27)22-8-10-2-4-11(18)5-3-10/h2-7,9H,8H2,1H3,(H,22,27). The summed E-state index contributed by atoms with van der Waals surface area (Å²) in [5.41, 5.74) is -1.20. The third-order valence-electron chi connectivity index (χ3n) is 3.70. The van der Waals surface area contributed by atoms with Crippen LogP contribution in [0.3, 0.4) is 0 Å². The number of carbonyl (C=O) groups is 1. The minimum atomic E-state index is -4.84. The van der Waals surface area contributed by atoms with Crippen molar-refractivity contribution in [3.8, 4) is 11.7 Å². The SMILES string of the molecule is COc1ccc(-n2ncc(C(=O)NCc3ccc(Cl)cc3)c2C(F)(F)F)nn1. The number of carbonyl (C=O) groups excluding carboxylic acids is 1. The molecule has 1 N–H and O–H groups in total. The molecule has 7 nitrogen and oxygen atoms in total. The summed E-state index contributed by atoms with van der Waals surface area (Å²) < 4.78 is 46.2. The van der Waals surface area contributed by atoms with E-state index in [4.69, 9.17) is 16.3 Å². The van der Waals surface area contributed by atoms with Crippen molar-refractivity contribution in [1.29, 1.82) is 0 Å². The number of halogens is 4. The molecule has 0 saturated heterocycles. The molecule has 0 aliphatic rings. The van der Waals surface area contributed by atoms with Crippen LogP contribution in [0.1, 0.15) is 21.6 Å². The van der Waals surface area contributed by atoms with Gasteiger partial charge >= 0.3 is 6.18 Å². The first-order chi connectivity index (χ1) is 13.3. The molecular formula is C17H13ClF3N5O2. The molecule has 1 amide bonds. The van der Waals surface area contributed by atoms with E-state index in [0.717, 1.165) is 6.20 Å². The van der Waals surface area contributed by atoms with Crippen molar-refractivity contribution in [1.82, 2.24) is 25.3 Å². The maximum atomic E-state index is 13.6. The van der Waals surface area contributed by atoms with E-state index in [9.17, 15) is 18.0 Å². The number of benzene rings is 1. The predicted octanol–water partition coefficient (Wildman–Crippen LogP) is 3.27. The Hall–Kier alpha value is -3.14. The van der Waals surface area contributed by atoms with Gasteiger partial charge in [-0.3, -0.25) is 4.79 Å². The van der Waals surface area contributed by atoms with Gasteiger partial charge in [-0.15, -0.1) is 10.2 Å². The Morgan fingerprint density at radius 3 is 2.46 bits per heavy atom. The molecule has 2 aromatic heterocycles. The molecular weight excluding hydrogens is 399 g/mol. The van der Waals surface area contributed by atoms with E-state index in [1.165, 1.54) is 19.2 Å². The average molecular weight is 412 g/mol. The van der Waals surface area contributed by atoms with Gasteiger partial charge in [0.05, 0.1) is 18.9 Å². The van der Waals surface area contributed by atoms with E-state index in [-0.39, 0.29) is 18.2 Å². The molecule has 0 spiro atoms. The van der Waals surface area contributed by atoms with E-state index in [2.05, 4.69) is 20.6 Å². The monoisotopic (exact) mass is 411 g/mol. The topological polar surface area (TPSA) is 81.9 Å². The smallest absolute Gasteiger partial charge is 0.434 e. The Bertz CT molecular complexity index is 972. The molecule has 146 valence electrons. The van der Waals surface area contributed by atoms with E-state index in [1.807, 2.05) is 0 Å². The van der Waals surface area contributed by atoms with Crippen LogP contribution < -0.4 is 10.1 Å². The summed E-state index contributed by atoms with van der Waals surface area (Å²) >= 11 is 5.78. The molecule has 2 heterocycles. The highest BCUT2D eigenvalue weighted by Crippen LogP contribution is 2.33. The van der Waals surface area contributed by atoms with Gasteiger partial charge in [0.25, 0.3) is 5.91 Å². The highest BCUT2D eigenvalue weighted by atomic mass is 35.5. The maximum Gasteiger partial charge on any atom is 0.434 e. The molecule has 0 aliphatic carbocycles. The number of nitrogens with one attached hydrogen (secondary N) is 1. The van der Waals surface area contributed by atoms with Crippen molar-refractivity contribution < 1.29 is 22.7 Å². The minimum Gasteiger partial charge on any atom is -0.480 e. The molecule has 3 rings (SSSR count). The van der Waals surface area contributed by atoms with Crippen molar-refractivity contribution in [3.05, 3.63) is 64.4 Å². The quantitative estimate of drug-likeness (QED) is 0.696. The van der Waals surface area contributed by atoms with Crippen LogP contribution in [0.4, 0.5) is 13.2 Å². The summed E-state index contributed by atoms with van der Waals surface area (Å²) in [4.78, 5) is 12.4. The highest BCUT2D eigenvalue weighted by Gasteiger charge is 2.41. The fraction of sp³-hybridized carbons (Fsp3) is 0.176. The molecule has 11 heteroatoms. The normalized spacial score (nSPS) is 11.3. The highest BCUT2D eigenvalue weighted by molar-refractivity contribution is 6.30. The molecule has 1 aromatic carbocycles. The van der Waals surface area contributed by atoms with Crippen LogP contribution in [0.15, 0.2) is 42.6 Å². The second-order valence-corrected chi connectivity index (χ2v) is 6.00. The summed E-state index contributed by atoms with van der Waals surface area (Å²) in [7, 11) is 1.35. The van der Waals surface area contributed by atoms with E-state index in [0.29, 0.717) is 15.3 Å². The van der Waals surface area contributed by atoms with Crippen LogP contribution in [0, 0.1) is 0 Å². The summed E-state index contributed by atoms with van der Waals surface area (Å²) in [6.07, 6.45) is -4.00. The number of hydrogen-bond acceptors (Lipinski definition) is 5. The molecule has 0 atom stereocenters. The first kappa shape index (κ1) is 19.6.